The van der Waals surface area contributed by atoms with Crippen LogP contribution in [0.4, 0.5) is 0 Å². The Morgan fingerprint density at radius 2 is 2.05 bits per heavy atom. The lowest BCUT2D eigenvalue weighted by Crippen LogP contribution is -2.22. The van der Waals surface area contributed by atoms with Gasteiger partial charge in [0.1, 0.15) is 0 Å². The van der Waals surface area contributed by atoms with Crippen LogP contribution in [0.3, 0.4) is 0 Å². The Hall–Kier alpha value is -1.55. The molecule has 3 rings (SSSR count). The highest BCUT2D eigenvalue weighted by atomic mass is 79.9. The molecule has 0 saturated carbocycles. The number of aryl methyl sites for hydroxylation is 1. The van der Waals surface area contributed by atoms with Crippen molar-refractivity contribution in [3.8, 4) is 0 Å². The Bertz CT molecular complexity index is 534. The molecule has 0 fully saturated rings. The topological polar surface area (TPSA) is 21.1 Å². The molecule has 1 aromatic carbocycles. The maximum Gasteiger partial charge on any atom is 0.0945 e. The van der Waals surface area contributed by atoms with Crippen molar-refractivity contribution < 1.29 is 0 Å². The van der Waals surface area contributed by atoms with Crippen LogP contribution in [-0.4, -0.2) is 21.0 Å². The zero-order valence-corrected chi connectivity index (χ0v) is 12.5. The predicted octanol–water partition coefficient (Wildman–Crippen LogP) is 3.34. The molecule has 4 heteroatoms. The van der Waals surface area contributed by atoms with Crippen molar-refractivity contribution in [3.05, 3.63) is 60.3 Å². The van der Waals surface area contributed by atoms with Crippen LogP contribution in [0.2, 0.25) is 0 Å². The zero-order valence-electron chi connectivity index (χ0n) is 10.8. The molecule has 0 atom stereocenters. The lowest BCUT2D eigenvalue weighted by Gasteiger charge is -2.25. The van der Waals surface area contributed by atoms with Crippen LogP contribution in [0.15, 0.2) is 49.2 Å². The van der Waals surface area contributed by atoms with Gasteiger partial charge in [0.15, 0.2) is 0 Å². The number of rotatable bonds is 4. The second-order valence-electron chi connectivity index (χ2n) is 4.64. The van der Waals surface area contributed by atoms with Crippen LogP contribution in [0, 0.1) is 0 Å². The third kappa shape index (κ3) is 3.47. The number of nitrogens with zero attached hydrogens (tertiary/aromatic N) is 3. The van der Waals surface area contributed by atoms with Gasteiger partial charge in [0.2, 0.25) is 0 Å². The van der Waals surface area contributed by atoms with E-state index >= 15 is 0 Å². The number of imidazole rings is 1. The summed E-state index contributed by atoms with van der Waals surface area (Å²) in [4.78, 5) is 6.43. The quantitative estimate of drug-likeness (QED) is 0.861. The first-order valence-corrected chi connectivity index (χ1v) is 6.38. The summed E-state index contributed by atoms with van der Waals surface area (Å²) >= 11 is 0. The maximum atomic E-state index is 4.05. The van der Waals surface area contributed by atoms with Crippen LogP contribution < -0.4 is 0 Å². The molecule has 3 nitrogen and oxygen atoms in total. The monoisotopic (exact) mass is 319 g/mol. The summed E-state index contributed by atoms with van der Waals surface area (Å²) in [6.07, 6.45) is 11.3. The number of hydrogen-bond acceptors (Lipinski definition) is 2. The highest BCUT2D eigenvalue weighted by Crippen LogP contribution is 2.19. The van der Waals surface area contributed by atoms with Gasteiger partial charge >= 0.3 is 0 Å². The van der Waals surface area contributed by atoms with Crippen molar-refractivity contribution in [1.82, 2.24) is 14.5 Å². The zero-order chi connectivity index (χ0) is 12.2. The minimum absolute atomic E-state index is 0. The van der Waals surface area contributed by atoms with Gasteiger partial charge in [-0.15, -0.1) is 17.0 Å². The smallest absolute Gasteiger partial charge is 0.0945 e. The largest absolute Gasteiger partial charge is 0.373 e. The van der Waals surface area contributed by atoms with Gasteiger partial charge in [0.05, 0.1) is 6.33 Å². The molecular weight excluding hydrogens is 302 g/mol. The van der Waals surface area contributed by atoms with Crippen LogP contribution >= 0.6 is 17.0 Å². The van der Waals surface area contributed by atoms with E-state index in [4.69, 9.17) is 0 Å². The third-order valence-electron chi connectivity index (χ3n) is 3.31. The first-order valence-electron chi connectivity index (χ1n) is 6.38. The Labute approximate surface area is 124 Å². The van der Waals surface area contributed by atoms with Crippen LogP contribution in [-0.2, 0) is 13.1 Å². The number of halogens is 1. The molecule has 19 heavy (non-hydrogen) atoms. The van der Waals surface area contributed by atoms with Gasteiger partial charge in [-0.1, -0.05) is 24.3 Å². The molecule has 1 aliphatic heterocycles. The fraction of sp³-hybridized carbons (Fsp3) is 0.267. The minimum atomic E-state index is 0. The van der Waals surface area contributed by atoms with Crippen LogP contribution in [0.1, 0.15) is 17.5 Å². The maximum absolute atomic E-state index is 4.05. The fourth-order valence-corrected chi connectivity index (χ4v) is 2.33. The standard InChI is InChI=1S/C15H17N3.BrH/c1-2-5-15-12-17(10-6-14(15)4-1)8-3-9-18-11-7-16-13-18;/h1-2,4-7,10-11,13H,3,8-9,12H2;1H. The molecule has 0 bridgehead atoms. The molecule has 0 amide bonds. The molecule has 0 aliphatic carbocycles. The summed E-state index contributed by atoms with van der Waals surface area (Å²) < 4.78 is 2.13. The summed E-state index contributed by atoms with van der Waals surface area (Å²) in [5.74, 6) is 0. The predicted molar refractivity (Wildman–Crippen MR) is 83.1 cm³/mol. The van der Waals surface area contributed by atoms with Gasteiger partial charge in [0, 0.05) is 32.0 Å². The average molecular weight is 320 g/mol. The minimum Gasteiger partial charge on any atom is -0.373 e. The summed E-state index contributed by atoms with van der Waals surface area (Å²) in [7, 11) is 0. The highest BCUT2D eigenvalue weighted by Gasteiger charge is 2.08. The van der Waals surface area contributed by atoms with Crippen molar-refractivity contribution in [2.75, 3.05) is 6.54 Å². The van der Waals surface area contributed by atoms with Gasteiger partial charge in [-0.2, -0.15) is 0 Å². The van der Waals surface area contributed by atoms with Crippen molar-refractivity contribution in [3.63, 3.8) is 0 Å². The third-order valence-corrected chi connectivity index (χ3v) is 3.31. The van der Waals surface area contributed by atoms with E-state index in [0.29, 0.717) is 0 Å². The average Bonchev–Trinajstić information content (AvgIpc) is 2.92. The van der Waals surface area contributed by atoms with E-state index in [-0.39, 0.29) is 17.0 Å². The molecular formula is C15H18BrN3. The Morgan fingerprint density at radius 3 is 2.89 bits per heavy atom. The molecule has 0 radical (unpaired) electrons. The van der Waals surface area contributed by atoms with Crippen molar-refractivity contribution in [2.45, 2.75) is 19.5 Å². The van der Waals surface area contributed by atoms with Crippen LogP contribution in [0.25, 0.3) is 6.08 Å². The van der Waals surface area contributed by atoms with Crippen molar-refractivity contribution in [1.29, 1.82) is 0 Å². The lowest BCUT2D eigenvalue weighted by atomic mass is 10.0. The first kappa shape index (κ1) is 13.9. The molecule has 0 N–H and O–H groups in total. The molecule has 2 aromatic rings. The summed E-state index contributed by atoms with van der Waals surface area (Å²) in [6.45, 7) is 3.14. The number of benzene rings is 1. The van der Waals surface area contributed by atoms with Gasteiger partial charge in [0.25, 0.3) is 0 Å². The van der Waals surface area contributed by atoms with Crippen molar-refractivity contribution >= 4 is 23.1 Å². The fourth-order valence-electron chi connectivity index (χ4n) is 2.33. The van der Waals surface area contributed by atoms with Gasteiger partial charge < -0.3 is 9.47 Å². The van der Waals surface area contributed by atoms with E-state index < -0.39 is 0 Å². The summed E-state index contributed by atoms with van der Waals surface area (Å²) in [6, 6.07) is 8.59. The van der Waals surface area contributed by atoms with E-state index in [9.17, 15) is 0 Å². The van der Waals surface area contributed by atoms with E-state index in [1.54, 1.807) is 0 Å². The van der Waals surface area contributed by atoms with E-state index in [0.717, 1.165) is 26.1 Å². The molecule has 0 saturated heterocycles. The molecule has 100 valence electrons. The summed E-state index contributed by atoms with van der Waals surface area (Å²) in [5, 5.41) is 0. The second kappa shape index (κ2) is 6.57. The van der Waals surface area contributed by atoms with E-state index in [2.05, 4.69) is 51.0 Å². The van der Waals surface area contributed by atoms with Crippen molar-refractivity contribution in [2.24, 2.45) is 0 Å². The van der Waals surface area contributed by atoms with Gasteiger partial charge in [-0.3, -0.25) is 0 Å². The number of hydrogen-bond donors (Lipinski definition) is 0. The summed E-state index contributed by atoms with van der Waals surface area (Å²) in [5.41, 5.74) is 2.77. The lowest BCUT2D eigenvalue weighted by molar-refractivity contribution is 0.350. The molecule has 0 unspecified atom stereocenters. The number of fused-ring (bicyclic) bond motifs is 1. The Morgan fingerprint density at radius 1 is 1.16 bits per heavy atom. The molecule has 2 heterocycles. The highest BCUT2D eigenvalue weighted by molar-refractivity contribution is 8.93. The van der Waals surface area contributed by atoms with Crippen LogP contribution in [0.5, 0.6) is 0 Å². The van der Waals surface area contributed by atoms with Gasteiger partial charge in [-0.05, 0) is 29.8 Å². The van der Waals surface area contributed by atoms with Gasteiger partial charge in [-0.25, -0.2) is 4.98 Å². The molecule has 1 aromatic heterocycles. The normalized spacial score (nSPS) is 12.9. The number of aromatic nitrogens is 2. The Kier molecular flexibility index (Phi) is 4.80. The second-order valence-corrected chi connectivity index (χ2v) is 4.64. The first-order chi connectivity index (χ1) is 8.92. The SMILES string of the molecule is Br.C1=CN(CCCn2ccnc2)Cc2ccccc21. The van der Waals surface area contributed by atoms with E-state index in [1.807, 2.05) is 18.7 Å². The van der Waals surface area contributed by atoms with E-state index in [1.165, 1.54) is 11.1 Å². The molecule has 0 spiro atoms. The molecule has 1 aliphatic rings. The Balaban J connectivity index is 0.00000133.